The number of halogens is 1. The predicted octanol–water partition coefficient (Wildman–Crippen LogP) is 4.26. The molecule has 0 aliphatic carbocycles. The van der Waals surface area contributed by atoms with E-state index in [1.807, 2.05) is 23.7 Å². The molecule has 0 bridgehead atoms. The van der Waals surface area contributed by atoms with Crippen LogP contribution in [-0.4, -0.2) is 32.1 Å². The van der Waals surface area contributed by atoms with Gasteiger partial charge in [-0.2, -0.15) is 10.2 Å². The summed E-state index contributed by atoms with van der Waals surface area (Å²) in [6.45, 7) is 3.49. The molecule has 5 rings (SSSR count). The van der Waals surface area contributed by atoms with Crippen LogP contribution in [0.3, 0.4) is 0 Å². The zero-order valence-corrected chi connectivity index (χ0v) is 15.8. The molecule has 4 heterocycles. The van der Waals surface area contributed by atoms with Crippen LogP contribution in [0.5, 0.6) is 0 Å². The number of nitrogens with zero attached hydrogens (tertiary/aromatic N) is 4. The summed E-state index contributed by atoms with van der Waals surface area (Å²) in [6.07, 6.45) is 7.88. The number of rotatable bonds is 1. The Balaban J connectivity index is 0.000000204. The van der Waals surface area contributed by atoms with Crippen LogP contribution in [0.1, 0.15) is 26.2 Å². The summed E-state index contributed by atoms with van der Waals surface area (Å²) in [5.74, 6) is -0.327. The van der Waals surface area contributed by atoms with Gasteiger partial charge in [0, 0.05) is 42.3 Å². The number of nitrogens with one attached hydrogen (secondary N) is 1. The van der Waals surface area contributed by atoms with Gasteiger partial charge in [0.05, 0.1) is 5.69 Å². The van der Waals surface area contributed by atoms with E-state index in [2.05, 4.69) is 22.4 Å². The Morgan fingerprint density at radius 2 is 2.08 bits per heavy atom. The number of hydrogen-bond acceptors (Lipinski definition) is 4. The van der Waals surface area contributed by atoms with Gasteiger partial charge in [0.1, 0.15) is 10.3 Å². The highest BCUT2D eigenvalue weighted by Gasteiger charge is 2.10. The summed E-state index contributed by atoms with van der Waals surface area (Å²) >= 11 is 1.57. The van der Waals surface area contributed by atoms with E-state index >= 15 is 0 Å². The zero-order valence-electron chi connectivity index (χ0n) is 14.9. The van der Waals surface area contributed by atoms with Crippen molar-refractivity contribution in [2.45, 2.75) is 32.2 Å². The normalized spacial score (nSPS) is 17.4. The summed E-state index contributed by atoms with van der Waals surface area (Å²) in [7, 11) is 1.78. The molecule has 1 aliphatic heterocycles. The predicted molar refractivity (Wildman–Crippen MR) is 104 cm³/mol. The van der Waals surface area contributed by atoms with E-state index in [0.717, 1.165) is 21.6 Å². The Hall–Kier alpha value is -2.25. The van der Waals surface area contributed by atoms with E-state index in [1.54, 1.807) is 33.9 Å². The van der Waals surface area contributed by atoms with Crippen molar-refractivity contribution in [2.24, 2.45) is 7.05 Å². The second-order valence-corrected chi connectivity index (χ2v) is 7.67. The Kier molecular flexibility index (Phi) is 4.74. The molecule has 136 valence electrons. The van der Waals surface area contributed by atoms with Gasteiger partial charge in [-0.1, -0.05) is 6.42 Å². The van der Waals surface area contributed by atoms with E-state index in [0.29, 0.717) is 11.2 Å². The molecule has 5 nitrogen and oxygen atoms in total. The Labute approximate surface area is 155 Å². The molecule has 26 heavy (non-hydrogen) atoms. The van der Waals surface area contributed by atoms with E-state index in [4.69, 9.17) is 0 Å². The van der Waals surface area contributed by atoms with Crippen molar-refractivity contribution in [1.29, 1.82) is 0 Å². The molecule has 1 fully saturated rings. The molecule has 0 radical (unpaired) electrons. The van der Waals surface area contributed by atoms with Gasteiger partial charge in [-0.15, -0.1) is 11.3 Å². The third-order valence-corrected chi connectivity index (χ3v) is 5.43. The van der Waals surface area contributed by atoms with Crippen LogP contribution in [0.2, 0.25) is 0 Å². The van der Waals surface area contributed by atoms with Crippen LogP contribution in [0.25, 0.3) is 26.8 Å². The standard InChI is InChI=1S/C13H9FN4S.C6H13N/c1-17-6-9-4-10(5-11(14)12(9)15-17)18-7-8-2-3-19-13(8)16-18;1-6-4-2-3-5-7-6/h2-7H,1H3;6-7H,2-5H2,1H3. The SMILES string of the molecule is CC1CCCCN1.Cn1cc2cc(-n3cc4ccsc4n3)cc(F)c2n1. The zero-order chi connectivity index (χ0) is 18.1. The summed E-state index contributed by atoms with van der Waals surface area (Å²) in [6, 6.07) is 6.14. The molecule has 1 unspecified atom stereocenters. The first-order valence-corrected chi connectivity index (χ1v) is 9.77. The van der Waals surface area contributed by atoms with Crippen molar-refractivity contribution in [3.8, 4) is 5.69 Å². The van der Waals surface area contributed by atoms with Crippen molar-refractivity contribution in [3.63, 3.8) is 0 Å². The number of aromatic nitrogens is 4. The van der Waals surface area contributed by atoms with Gasteiger partial charge in [0.15, 0.2) is 5.82 Å². The number of benzene rings is 1. The number of hydrogen-bond donors (Lipinski definition) is 1. The maximum atomic E-state index is 14.0. The van der Waals surface area contributed by atoms with Gasteiger partial charge < -0.3 is 5.32 Å². The van der Waals surface area contributed by atoms with Gasteiger partial charge >= 0.3 is 0 Å². The van der Waals surface area contributed by atoms with E-state index in [1.165, 1.54) is 31.9 Å². The first-order chi connectivity index (χ1) is 12.6. The Bertz CT molecular complexity index is 997. The fourth-order valence-corrected chi connectivity index (χ4v) is 3.97. The number of piperidine rings is 1. The molecular formula is C19H22FN5S. The average molecular weight is 371 g/mol. The lowest BCUT2D eigenvalue weighted by Gasteiger charge is -2.18. The number of thiophene rings is 1. The minimum Gasteiger partial charge on any atom is -0.314 e. The number of fused-ring (bicyclic) bond motifs is 2. The summed E-state index contributed by atoms with van der Waals surface area (Å²) < 4.78 is 17.3. The third-order valence-electron chi connectivity index (χ3n) is 4.62. The molecular weight excluding hydrogens is 349 g/mol. The van der Waals surface area contributed by atoms with Gasteiger partial charge in [-0.3, -0.25) is 4.68 Å². The number of aryl methyl sites for hydroxylation is 1. The van der Waals surface area contributed by atoms with Gasteiger partial charge in [-0.25, -0.2) is 9.07 Å². The third kappa shape index (κ3) is 3.50. The van der Waals surface area contributed by atoms with Crippen molar-refractivity contribution in [2.75, 3.05) is 6.54 Å². The lowest BCUT2D eigenvalue weighted by atomic mass is 10.1. The summed E-state index contributed by atoms with van der Waals surface area (Å²) in [4.78, 5) is 0.951. The van der Waals surface area contributed by atoms with Crippen molar-refractivity contribution < 1.29 is 4.39 Å². The molecule has 0 saturated carbocycles. The fraction of sp³-hybridized carbons (Fsp3) is 0.368. The molecule has 1 aliphatic rings. The highest BCUT2D eigenvalue weighted by molar-refractivity contribution is 7.16. The van der Waals surface area contributed by atoms with Gasteiger partial charge in [0.25, 0.3) is 0 Å². The highest BCUT2D eigenvalue weighted by Crippen LogP contribution is 2.24. The topological polar surface area (TPSA) is 47.7 Å². The van der Waals surface area contributed by atoms with Gasteiger partial charge in [0.2, 0.25) is 0 Å². The summed E-state index contributed by atoms with van der Waals surface area (Å²) in [5.41, 5.74) is 1.10. The monoisotopic (exact) mass is 371 g/mol. The molecule has 1 aromatic carbocycles. The quantitative estimate of drug-likeness (QED) is 0.544. The Morgan fingerprint density at radius 3 is 2.77 bits per heavy atom. The van der Waals surface area contributed by atoms with Crippen LogP contribution in [0.15, 0.2) is 36.0 Å². The second-order valence-electron chi connectivity index (χ2n) is 6.77. The van der Waals surface area contributed by atoms with E-state index in [9.17, 15) is 4.39 Å². The van der Waals surface area contributed by atoms with Crippen LogP contribution >= 0.6 is 11.3 Å². The second kappa shape index (κ2) is 7.17. The lowest BCUT2D eigenvalue weighted by Crippen LogP contribution is -2.30. The maximum absolute atomic E-state index is 14.0. The van der Waals surface area contributed by atoms with Crippen LogP contribution in [0.4, 0.5) is 4.39 Å². The highest BCUT2D eigenvalue weighted by atomic mass is 32.1. The minimum atomic E-state index is -0.327. The molecule has 1 atom stereocenters. The smallest absolute Gasteiger partial charge is 0.153 e. The van der Waals surface area contributed by atoms with Crippen molar-refractivity contribution in [3.05, 3.63) is 41.8 Å². The first-order valence-electron chi connectivity index (χ1n) is 8.90. The van der Waals surface area contributed by atoms with Crippen molar-refractivity contribution >= 4 is 32.5 Å². The van der Waals surface area contributed by atoms with E-state index in [-0.39, 0.29) is 5.82 Å². The minimum absolute atomic E-state index is 0.327. The largest absolute Gasteiger partial charge is 0.314 e. The fourth-order valence-electron chi connectivity index (χ4n) is 3.24. The molecule has 7 heteroatoms. The Morgan fingerprint density at radius 1 is 1.19 bits per heavy atom. The summed E-state index contributed by atoms with van der Waals surface area (Å²) in [5, 5.41) is 15.7. The molecule has 1 saturated heterocycles. The van der Waals surface area contributed by atoms with Crippen LogP contribution in [0, 0.1) is 5.82 Å². The maximum Gasteiger partial charge on any atom is 0.153 e. The molecule has 1 N–H and O–H groups in total. The molecule has 0 amide bonds. The van der Waals surface area contributed by atoms with Crippen LogP contribution in [-0.2, 0) is 7.05 Å². The van der Waals surface area contributed by atoms with E-state index < -0.39 is 0 Å². The lowest BCUT2D eigenvalue weighted by molar-refractivity contribution is 0.425. The van der Waals surface area contributed by atoms with Crippen LogP contribution < -0.4 is 5.32 Å². The van der Waals surface area contributed by atoms with Crippen molar-refractivity contribution in [1.82, 2.24) is 24.9 Å². The molecule has 3 aromatic heterocycles. The first kappa shape index (κ1) is 17.2. The molecule has 0 spiro atoms. The van der Waals surface area contributed by atoms with Gasteiger partial charge in [-0.05, 0) is 43.8 Å². The molecule has 4 aromatic rings. The average Bonchev–Trinajstić information content (AvgIpc) is 3.29.